The van der Waals surface area contributed by atoms with Gasteiger partial charge in [-0.25, -0.2) is 14.4 Å². The van der Waals surface area contributed by atoms with Gasteiger partial charge in [0.25, 0.3) is 0 Å². The molecule has 0 fully saturated rings. The van der Waals surface area contributed by atoms with Crippen molar-refractivity contribution in [3.8, 4) is 17.2 Å². The van der Waals surface area contributed by atoms with Crippen molar-refractivity contribution in [3.05, 3.63) is 126 Å². The van der Waals surface area contributed by atoms with Crippen LogP contribution in [-0.2, 0) is 19.8 Å². The van der Waals surface area contributed by atoms with E-state index in [1.807, 2.05) is 0 Å². The number of carboxylic acid groups (broad SMARTS) is 3. The molecule has 0 amide bonds. The fraction of sp³-hybridized carbons (Fsp3) is 0.100. The maximum atomic E-state index is 11.6. The first-order chi connectivity index (χ1) is 18.5. The predicted molar refractivity (Wildman–Crippen MR) is 142 cm³/mol. The van der Waals surface area contributed by atoms with Crippen LogP contribution in [0.2, 0.25) is 0 Å². The normalized spacial score (nSPS) is 13.5. The standard InChI is InChI=1S/C30H26O9/c31-23-10-4-1-7-20(23)30(21-8-2-5-11-24(21)32,22-9-3-6-12-25(22)33)19-29(16-13-26(34)35,17-14-27(36)37)18-15-28(38)39/h1-18,31-33H,19H2,(H,34,35)(H,36,37)(H,38,39). The first-order valence-corrected chi connectivity index (χ1v) is 11.6. The summed E-state index contributed by atoms with van der Waals surface area (Å²) in [6.45, 7) is 0. The molecule has 3 aromatic rings. The third kappa shape index (κ3) is 6.34. The molecule has 3 rings (SSSR count). The zero-order valence-corrected chi connectivity index (χ0v) is 20.5. The van der Waals surface area contributed by atoms with E-state index < -0.39 is 28.7 Å². The average molecular weight is 531 g/mol. The number of hydrogen-bond donors (Lipinski definition) is 6. The van der Waals surface area contributed by atoms with Crippen LogP contribution in [-0.4, -0.2) is 48.5 Å². The van der Waals surface area contributed by atoms with Gasteiger partial charge in [0, 0.05) is 40.3 Å². The van der Waals surface area contributed by atoms with Crippen molar-refractivity contribution in [1.82, 2.24) is 0 Å². The van der Waals surface area contributed by atoms with Crippen LogP contribution < -0.4 is 0 Å². The van der Waals surface area contributed by atoms with Crippen molar-refractivity contribution >= 4 is 17.9 Å². The van der Waals surface area contributed by atoms with Gasteiger partial charge >= 0.3 is 17.9 Å². The van der Waals surface area contributed by atoms with Crippen molar-refractivity contribution in [2.45, 2.75) is 11.8 Å². The second-order valence-electron chi connectivity index (χ2n) is 8.76. The van der Waals surface area contributed by atoms with Crippen LogP contribution in [0.4, 0.5) is 0 Å². The van der Waals surface area contributed by atoms with Crippen LogP contribution in [0.15, 0.2) is 109 Å². The molecule has 0 radical (unpaired) electrons. The summed E-state index contributed by atoms with van der Waals surface area (Å²) < 4.78 is 0. The number of para-hydroxylation sites is 3. The second kappa shape index (κ2) is 11.8. The van der Waals surface area contributed by atoms with E-state index in [1.165, 1.54) is 18.2 Å². The van der Waals surface area contributed by atoms with E-state index >= 15 is 0 Å². The number of phenols is 3. The Kier molecular flexibility index (Phi) is 8.57. The highest BCUT2D eigenvalue weighted by molar-refractivity contribution is 5.83. The maximum absolute atomic E-state index is 11.6. The molecule has 9 heteroatoms. The van der Waals surface area contributed by atoms with Gasteiger partial charge in [-0.1, -0.05) is 72.8 Å². The lowest BCUT2D eigenvalue weighted by atomic mass is 9.60. The zero-order chi connectivity index (χ0) is 28.6. The number of carbonyl (C=O) groups is 3. The van der Waals surface area contributed by atoms with Crippen LogP contribution in [0.25, 0.3) is 0 Å². The van der Waals surface area contributed by atoms with Crippen LogP contribution in [0.5, 0.6) is 17.2 Å². The Morgan fingerprint density at radius 2 is 0.821 bits per heavy atom. The molecule has 39 heavy (non-hydrogen) atoms. The minimum Gasteiger partial charge on any atom is -0.508 e. The minimum atomic E-state index is -1.75. The highest BCUT2D eigenvalue weighted by Crippen LogP contribution is 2.55. The van der Waals surface area contributed by atoms with E-state index in [0.29, 0.717) is 0 Å². The summed E-state index contributed by atoms with van der Waals surface area (Å²) in [5.74, 6) is -4.89. The van der Waals surface area contributed by atoms with E-state index in [2.05, 4.69) is 0 Å². The first-order valence-electron chi connectivity index (χ1n) is 11.6. The van der Waals surface area contributed by atoms with Gasteiger partial charge in [0.15, 0.2) is 0 Å². The Morgan fingerprint density at radius 1 is 0.538 bits per heavy atom. The molecule has 0 heterocycles. The van der Waals surface area contributed by atoms with E-state index in [-0.39, 0.29) is 40.4 Å². The molecule has 0 saturated heterocycles. The van der Waals surface area contributed by atoms with Gasteiger partial charge in [-0.3, -0.25) is 0 Å². The van der Waals surface area contributed by atoms with Gasteiger partial charge in [-0.05, 0) is 24.6 Å². The van der Waals surface area contributed by atoms with E-state index in [4.69, 9.17) is 0 Å². The first kappa shape index (κ1) is 28.3. The number of hydrogen-bond acceptors (Lipinski definition) is 6. The third-order valence-corrected chi connectivity index (χ3v) is 6.27. The van der Waals surface area contributed by atoms with Crippen LogP contribution in [0, 0.1) is 5.41 Å². The molecule has 3 aromatic carbocycles. The molecule has 0 unspecified atom stereocenters. The monoisotopic (exact) mass is 530 g/mol. The summed E-state index contributed by atoms with van der Waals surface area (Å²) in [5.41, 5.74) is -2.91. The van der Waals surface area contributed by atoms with Crippen LogP contribution in [0.3, 0.4) is 0 Å². The summed E-state index contributed by atoms with van der Waals surface area (Å²) in [4.78, 5) is 34.7. The number of allylic oxidation sites excluding steroid dienone is 3. The fourth-order valence-electron chi connectivity index (χ4n) is 4.71. The molecule has 6 N–H and O–H groups in total. The lowest BCUT2D eigenvalue weighted by molar-refractivity contribution is -0.132. The highest BCUT2D eigenvalue weighted by atomic mass is 16.4. The Labute approximate surface area is 223 Å². The number of phenolic OH excluding ortho intramolecular Hbond substituents is 3. The fourth-order valence-corrected chi connectivity index (χ4v) is 4.71. The quantitative estimate of drug-likeness (QED) is 0.155. The van der Waals surface area contributed by atoms with Crippen molar-refractivity contribution in [2.75, 3.05) is 0 Å². The van der Waals surface area contributed by atoms with E-state index in [9.17, 15) is 45.0 Å². The van der Waals surface area contributed by atoms with Crippen molar-refractivity contribution in [2.24, 2.45) is 5.41 Å². The van der Waals surface area contributed by atoms with Gasteiger partial charge in [0.1, 0.15) is 17.2 Å². The molecule has 0 aliphatic heterocycles. The Balaban J connectivity index is 2.58. The van der Waals surface area contributed by atoms with E-state index in [0.717, 1.165) is 36.5 Å². The number of carboxylic acids is 3. The smallest absolute Gasteiger partial charge is 0.328 e. The summed E-state index contributed by atoms with van der Waals surface area (Å²) in [6, 6.07) is 18.3. The summed E-state index contributed by atoms with van der Waals surface area (Å²) in [6.07, 6.45) is 5.19. The molecule has 0 bridgehead atoms. The van der Waals surface area contributed by atoms with Gasteiger partial charge in [-0.2, -0.15) is 0 Å². The Bertz CT molecular complexity index is 1300. The molecule has 0 aliphatic carbocycles. The minimum absolute atomic E-state index is 0.175. The number of rotatable bonds is 11. The highest BCUT2D eigenvalue weighted by Gasteiger charge is 2.46. The third-order valence-electron chi connectivity index (χ3n) is 6.27. The lowest BCUT2D eigenvalue weighted by Crippen LogP contribution is -2.36. The number of benzene rings is 3. The van der Waals surface area contributed by atoms with Crippen LogP contribution >= 0.6 is 0 Å². The largest absolute Gasteiger partial charge is 0.508 e. The molecule has 200 valence electrons. The van der Waals surface area contributed by atoms with Crippen molar-refractivity contribution < 1.29 is 45.0 Å². The molecule has 0 saturated carbocycles. The van der Waals surface area contributed by atoms with E-state index in [1.54, 1.807) is 54.6 Å². The Morgan fingerprint density at radius 3 is 1.08 bits per heavy atom. The summed E-state index contributed by atoms with van der Waals surface area (Å²) >= 11 is 0. The molecule has 0 aliphatic rings. The van der Waals surface area contributed by atoms with Crippen molar-refractivity contribution in [3.63, 3.8) is 0 Å². The molecular formula is C30H26O9. The lowest BCUT2D eigenvalue weighted by Gasteiger charge is -2.42. The van der Waals surface area contributed by atoms with Gasteiger partial charge in [0.05, 0.1) is 5.41 Å². The van der Waals surface area contributed by atoms with Crippen LogP contribution in [0.1, 0.15) is 23.1 Å². The SMILES string of the molecule is O=C(O)C=CC(C=CC(=O)O)(C=CC(=O)O)CC(c1ccccc1O)(c1ccccc1O)c1ccccc1O. The topological polar surface area (TPSA) is 173 Å². The second-order valence-corrected chi connectivity index (χ2v) is 8.76. The van der Waals surface area contributed by atoms with Gasteiger partial charge in [-0.15, -0.1) is 0 Å². The molecule has 0 atom stereocenters. The van der Waals surface area contributed by atoms with Gasteiger partial charge in [0.2, 0.25) is 0 Å². The molecular weight excluding hydrogens is 504 g/mol. The average Bonchev–Trinajstić information content (AvgIpc) is 2.89. The maximum Gasteiger partial charge on any atom is 0.328 e. The predicted octanol–water partition coefficient (Wildman–Crippen LogP) is 4.44. The number of aliphatic carboxylic acids is 3. The van der Waals surface area contributed by atoms with Crippen molar-refractivity contribution in [1.29, 1.82) is 0 Å². The van der Waals surface area contributed by atoms with Gasteiger partial charge < -0.3 is 30.6 Å². The zero-order valence-electron chi connectivity index (χ0n) is 20.5. The summed E-state index contributed by atoms with van der Waals surface area (Å²) in [5, 5.41) is 61.6. The molecule has 0 spiro atoms. The Hall–Kier alpha value is -5.31. The number of aromatic hydroxyl groups is 3. The molecule has 9 nitrogen and oxygen atoms in total. The summed E-state index contributed by atoms with van der Waals surface area (Å²) in [7, 11) is 0. The molecule has 0 aromatic heterocycles.